The van der Waals surface area contributed by atoms with Crippen molar-refractivity contribution in [2.45, 2.75) is 6.04 Å². The Morgan fingerprint density at radius 3 is 2.70 bits per heavy atom. The summed E-state index contributed by atoms with van der Waals surface area (Å²) >= 11 is 4.70. The van der Waals surface area contributed by atoms with E-state index in [0.717, 1.165) is 10.0 Å². The smallest absolute Gasteiger partial charge is 0.355 e. The lowest BCUT2D eigenvalue weighted by Crippen LogP contribution is -2.32. The first-order chi connectivity index (χ1) is 13.1. The Kier molecular flexibility index (Phi) is 4.58. The first-order valence-corrected chi connectivity index (χ1v) is 9.48. The largest absolute Gasteiger partial charge is 0.464 e. The third-order valence-corrected chi connectivity index (χ3v) is 5.48. The number of esters is 1. The fourth-order valence-electron chi connectivity index (χ4n) is 2.88. The number of tetrazole rings is 1. The second-order valence-corrected chi connectivity index (χ2v) is 7.48. The summed E-state index contributed by atoms with van der Waals surface area (Å²) in [5.41, 5.74) is 1.02. The standard InChI is InChI=1S/C17H12BrN5O3S/c1-26-16(25)13-12(15(24)11-3-2-8-27-11)14(9-4-6-10(18)7-5-9)23-17(19-13)20-21-22-23/h2-8,14H,1H3,(H,19,20,22)/t14-/m1/s1. The number of thiophene rings is 1. The predicted molar refractivity (Wildman–Crippen MR) is 101 cm³/mol. The second-order valence-electron chi connectivity index (χ2n) is 5.61. The van der Waals surface area contributed by atoms with E-state index in [9.17, 15) is 9.59 Å². The van der Waals surface area contributed by atoms with E-state index in [2.05, 4.69) is 36.8 Å². The predicted octanol–water partition coefficient (Wildman–Crippen LogP) is 2.82. The number of halogens is 1. The Hall–Kier alpha value is -2.85. The maximum absolute atomic E-state index is 13.3. The third kappa shape index (κ3) is 3.06. The summed E-state index contributed by atoms with van der Waals surface area (Å²) < 4.78 is 7.26. The zero-order valence-electron chi connectivity index (χ0n) is 13.9. The first-order valence-electron chi connectivity index (χ1n) is 7.81. The van der Waals surface area contributed by atoms with Gasteiger partial charge < -0.3 is 10.1 Å². The van der Waals surface area contributed by atoms with Crippen molar-refractivity contribution < 1.29 is 14.3 Å². The summed E-state index contributed by atoms with van der Waals surface area (Å²) in [6, 6.07) is 10.2. The highest BCUT2D eigenvalue weighted by Crippen LogP contribution is 2.37. The van der Waals surface area contributed by atoms with Crippen molar-refractivity contribution in [2.24, 2.45) is 0 Å². The summed E-state index contributed by atoms with van der Waals surface area (Å²) in [7, 11) is 1.26. The van der Waals surface area contributed by atoms with Crippen molar-refractivity contribution in [3.63, 3.8) is 0 Å². The second kappa shape index (κ2) is 7.05. The number of ketones is 1. The van der Waals surface area contributed by atoms with E-state index in [0.29, 0.717) is 4.88 Å². The van der Waals surface area contributed by atoms with Crippen LogP contribution in [-0.4, -0.2) is 39.1 Å². The molecule has 0 bridgehead atoms. The van der Waals surface area contributed by atoms with Gasteiger partial charge >= 0.3 is 5.97 Å². The van der Waals surface area contributed by atoms with Crippen LogP contribution in [0.4, 0.5) is 5.95 Å². The van der Waals surface area contributed by atoms with E-state index in [1.807, 2.05) is 24.3 Å². The molecule has 136 valence electrons. The number of aromatic nitrogens is 4. The monoisotopic (exact) mass is 445 g/mol. The number of benzene rings is 1. The van der Waals surface area contributed by atoms with Crippen LogP contribution < -0.4 is 5.32 Å². The van der Waals surface area contributed by atoms with Crippen LogP contribution in [0.15, 0.2) is 57.5 Å². The highest BCUT2D eigenvalue weighted by molar-refractivity contribution is 9.10. The van der Waals surface area contributed by atoms with E-state index in [-0.39, 0.29) is 23.0 Å². The number of anilines is 1. The zero-order valence-corrected chi connectivity index (χ0v) is 16.3. The molecule has 4 rings (SSSR count). The van der Waals surface area contributed by atoms with E-state index in [1.165, 1.54) is 23.1 Å². The average Bonchev–Trinajstić information content (AvgIpc) is 3.37. The molecule has 0 fully saturated rings. The molecule has 0 saturated heterocycles. The number of Topliss-reactive ketones (excluding diaryl/α,β-unsaturated/α-hetero) is 1. The van der Waals surface area contributed by atoms with Crippen molar-refractivity contribution >= 4 is 45.0 Å². The third-order valence-electron chi connectivity index (χ3n) is 4.08. The Morgan fingerprint density at radius 1 is 1.26 bits per heavy atom. The van der Waals surface area contributed by atoms with E-state index < -0.39 is 12.0 Å². The molecule has 3 heterocycles. The van der Waals surface area contributed by atoms with Gasteiger partial charge in [-0.15, -0.1) is 11.3 Å². The zero-order chi connectivity index (χ0) is 19.0. The molecule has 3 aromatic rings. The Morgan fingerprint density at radius 2 is 2.04 bits per heavy atom. The van der Waals surface area contributed by atoms with Gasteiger partial charge in [0.1, 0.15) is 11.7 Å². The maximum Gasteiger partial charge on any atom is 0.355 e. The van der Waals surface area contributed by atoms with Crippen LogP contribution in [0.1, 0.15) is 21.3 Å². The molecular formula is C17H12BrN5O3S. The Bertz CT molecular complexity index is 1040. The number of fused-ring (bicyclic) bond motifs is 1. The van der Waals surface area contributed by atoms with Gasteiger partial charge in [-0.2, -0.15) is 4.68 Å². The summed E-state index contributed by atoms with van der Waals surface area (Å²) in [5, 5.41) is 16.2. The highest BCUT2D eigenvalue weighted by Gasteiger charge is 2.38. The summed E-state index contributed by atoms with van der Waals surface area (Å²) in [6.45, 7) is 0. The van der Waals surface area contributed by atoms with E-state index >= 15 is 0 Å². The molecule has 1 aromatic carbocycles. The molecule has 0 amide bonds. The molecular weight excluding hydrogens is 434 g/mol. The number of hydrogen-bond donors (Lipinski definition) is 1. The molecule has 27 heavy (non-hydrogen) atoms. The van der Waals surface area contributed by atoms with Crippen LogP contribution in [0.5, 0.6) is 0 Å². The average molecular weight is 446 g/mol. The molecule has 1 N–H and O–H groups in total. The Balaban J connectivity index is 1.95. The lowest BCUT2D eigenvalue weighted by atomic mass is 9.91. The quantitative estimate of drug-likeness (QED) is 0.486. The number of allylic oxidation sites excluding steroid dienone is 1. The number of carbonyl (C=O) groups is 2. The van der Waals surface area contributed by atoms with Crippen LogP contribution in [0.25, 0.3) is 0 Å². The van der Waals surface area contributed by atoms with Crippen molar-refractivity contribution in [2.75, 3.05) is 12.4 Å². The van der Waals surface area contributed by atoms with E-state index in [1.54, 1.807) is 17.5 Å². The molecule has 0 spiro atoms. The van der Waals surface area contributed by atoms with Gasteiger partial charge in [0.2, 0.25) is 11.7 Å². The molecule has 2 aromatic heterocycles. The fraction of sp³-hybridized carbons (Fsp3) is 0.118. The number of rotatable bonds is 4. The van der Waals surface area contributed by atoms with Gasteiger partial charge in [0.15, 0.2) is 0 Å². The van der Waals surface area contributed by atoms with E-state index in [4.69, 9.17) is 4.74 Å². The van der Waals surface area contributed by atoms with Gasteiger partial charge in [-0.05, 0) is 39.6 Å². The van der Waals surface area contributed by atoms with Crippen LogP contribution in [-0.2, 0) is 9.53 Å². The van der Waals surface area contributed by atoms with Crippen molar-refractivity contribution in [3.05, 3.63) is 68.0 Å². The first kappa shape index (κ1) is 17.6. The number of nitrogens with zero attached hydrogens (tertiary/aromatic N) is 4. The molecule has 10 heteroatoms. The lowest BCUT2D eigenvalue weighted by Gasteiger charge is -2.27. The molecule has 8 nitrogen and oxygen atoms in total. The SMILES string of the molecule is COC(=O)C1=C(C(=O)c2cccs2)[C@@H](c2ccc(Br)cc2)n2nnnc2N1. The minimum atomic E-state index is -0.673. The molecule has 1 aliphatic rings. The maximum atomic E-state index is 13.3. The summed E-state index contributed by atoms with van der Waals surface area (Å²) in [4.78, 5) is 26.2. The van der Waals surface area contributed by atoms with Gasteiger partial charge in [-0.3, -0.25) is 4.79 Å². The minimum absolute atomic E-state index is 0.0334. The van der Waals surface area contributed by atoms with Crippen molar-refractivity contribution in [3.8, 4) is 0 Å². The van der Waals surface area contributed by atoms with Crippen LogP contribution in [0.3, 0.4) is 0 Å². The molecule has 1 atom stereocenters. The number of nitrogens with one attached hydrogen (secondary N) is 1. The minimum Gasteiger partial charge on any atom is -0.464 e. The topological polar surface area (TPSA) is 99.0 Å². The van der Waals surface area contributed by atoms with Gasteiger partial charge in [0.05, 0.1) is 17.6 Å². The van der Waals surface area contributed by atoms with Gasteiger partial charge in [-0.1, -0.05) is 39.2 Å². The highest BCUT2D eigenvalue weighted by atomic mass is 79.9. The van der Waals surface area contributed by atoms with Gasteiger partial charge in [0, 0.05) is 4.47 Å². The van der Waals surface area contributed by atoms with Gasteiger partial charge in [0.25, 0.3) is 0 Å². The Labute approximate surface area is 166 Å². The molecule has 1 aliphatic heterocycles. The summed E-state index contributed by atoms with van der Waals surface area (Å²) in [6.07, 6.45) is 0. The number of carbonyl (C=O) groups excluding carboxylic acids is 2. The number of hydrogen-bond acceptors (Lipinski definition) is 8. The van der Waals surface area contributed by atoms with Crippen LogP contribution in [0, 0.1) is 0 Å². The molecule has 0 saturated carbocycles. The lowest BCUT2D eigenvalue weighted by molar-refractivity contribution is -0.136. The number of ether oxygens (including phenoxy) is 1. The molecule has 0 unspecified atom stereocenters. The normalized spacial score (nSPS) is 15.9. The van der Waals surface area contributed by atoms with Crippen LogP contribution in [0.2, 0.25) is 0 Å². The summed E-state index contributed by atoms with van der Waals surface area (Å²) in [5.74, 6) is -0.690. The van der Waals surface area contributed by atoms with Crippen LogP contribution >= 0.6 is 27.3 Å². The van der Waals surface area contributed by atoms with Gasteiger partial charge in [-0.25, -0.2) is 4.79 Å². The fourth-order valence-corrected chi connectivity index (χ4v) is 3.82. The molecule has 0 aliphatic carbocycles. The van der Waals surface area contributed by atoms with Crippen molar-refractivity contribution in [1.29, 1.82) is 0 Å². The van der Waals surface area contributed by atoms with Crippen molar-refractivity contribution in [1.82, 2.24) is 20.2 Å². The molecule has 0 radical (unpaired) electrons. The number of methoxy groups -OCH3 is 1.